The van der Waals surface area contributed by atoms with Crippen LogP contribution in [0.25, 0.3) is 0 Å². The monoisotopic (exact) mass is 276 g/mol. The van der Waals surface area contributed by atoms with Crippen molar-refractivity contribution in [1.82, 2.24) is 0 Å². The number of hydrogen-bond acceptors (Lipinski definition) is 2. The first kappa shape index (κ1) is 13.9. The van der Waals surface area contributed by atoms with Crippen LogP contribution in [0.2, 0.25) is 5.02 Å². The fraction of sp³-hybridized carbons (Fsp3) is 0.250. The molecule has 0 fully saturated rings. The minimum atomic E-state index is -0.00595. The number of hydrogen-bond donors (Lipinski definition) is 1. The standard InChI is InChI=1S/C16H17ClO2/c17-15-11-14(12-18)8-9-16(15)19-10-4-7-13-5-2-1-3-6-13/h1-3,5-6,8-9,11,18H,4,7,10,12H2. The maximum absolute atomic E-state index is 8.99. The molecular formula is C16H17ClO2. The van der Waals surface area contributed by atoms with E-state index in [1.54, 1.807) is 12.1 Å². The van der Waals surface area contributed by atoms with Gasteiger partial charge in [-0.2, -0.15) is 0 Å². The summed E-state index contributed by atoms with van der Waals surface area (Å²) in [6.45, 7) is 0.626. The van der Waals surface area contributed by atoms with Gasteiger partial charge in [0.05, 0.1) is 18.2 Å². The predicted molar refractivity (Wildman–Crippen MR) is 77.6 cm³/mol. The number of benzene rings is 2. The van der Waals surface area contributed by atoms with Crippen molar-refractivity contribution in [2.24, 2.45) is 0 Å². The molecule has 0 saturated carbocycles. The van der Waals surface area contributed by atoms with Crippen LogP contribution in [0, 0.1) is 0 Å². The Hall–Kier alpha value is -1.51. The van der Waals surface area contributed by atoms with Crippen LogP contribution in [-0.4, -0.2) is 11.7 Å². The zero-order chi connectivity index (χ0) is 13.5. The summed E-state index contributed by atoms with van der Waals surface area (Å²) >= 11 is 6.07. The molecular weight excluding hydrogens is 260 g/mol. The Kier molecular flexibility index (Phi) is 5.25. The second kappa shape index (κ2) is 7.17. The zero-order valence-corrected chi connectivity index (χ0v) is 11.4. The highest BCUT2D eigenvalue weighted by Gasteiger charge is 2.02. The third-order valence-corrected chi connectivity index (χ3v) is 3.18. The molecule has 19 heavy (non-hydrogen) atoms. The summed E-state index contributed by atoms with van der Waals surface area (Å²) in [5.74, 6) is 0.673. The number of aliphatic hydroxyl groups excluding tert-OH is 1. The van der Waals surface area contributed by atoms with Gasteiger partial charge in [0, 0.05) is 0 Å². The fourth-order valence-electron chi connectivity index (χ4n) is 1.86. The smallest absolute Gasteiger partial charge is 0.137 e. The molecule has 2 nitrogen and oxygen atoms in total. The van der Waals surface area contributed by atoms with E-state index in [-0.39, 0.29) is 6.61 Å². The van der Waals surface area contributed by atoms with Gasteiger partial charge in [0.15, 0.2) is 0 Å². The molecule has 0 spiro atoms. The van der Waals surface area contributed by atoms with Gasteiger partial charge in [-0.25, -0.2) is 0 Å². The maximum atomic E-state index is 8.99. The van der Waals surface area contributed by atoms with E-state index in [1.807, 2.05) is 24.3 Å². The van der Waals surface area contributed by atoms with Crippen molar-refractivity contribution in [3.8, 4) is 5.75 Å². The first-order valence-corrected chi connectivity index (χ1v) is 6.73. The summed E-state index contributed by atoms with van der Waals surface area (Å²) in [6, 6.07) is 15.7. The lowest BCUT2D eigenvalue weighted by atomic mass is 10.1. The van der Waals surface area contributed by atoms with Crippen LogP contribution >= 0.6 is 11.6 Å². The summed E-state index contributed by atoms with van der Waals surface area (Å²) in [5, 5.41) is 9.54. The molecule has 0 atom stereocenters. The third kappa shape index (κ3) is 4.27. The Balaban J connectivity index is 1.80. The molecule has 0 radical (unpaired) electrons. The van der Waals surface area contributed by atoms with Crippen molar-refractivity contribution in [2.75, 3.05) is 6.61 Å². The first-order valence-electron chi connectivity index (χ1n) is 6.35. The normalized spacial score (nSPS) is 10.4. The van der Waals surface area contributed by atoms with E-state index >= 15 is 0 Å². The van der Waals surface area contributed by atoms with Crippen LogP contribution in [0.4, 0.5) is 0 Å². The molecule has 0 aliphatic rings. The van der Waals surface area contributed by atoms with Gasteiger partial charge in [-0.3, -0.25) is 0 Å². The molecule has 2 aromatic rings. The molecule has 0 saturated heterocycles. The van der Waals surface area contributed by atoms with E-state index in [2.05, 4.69) is 12.1 Å². The third-order valence-electron chi connectivity index (χ3n) is 2.89. The van der Waals surface area contributed by atoms with Gasteiger partial charge < -0.3 is 9.84 Å². The number of ether oxygens (including phenoxy) is 1. The summed E-state index contributed by atoms with van der Waals surface area (Å²) < 4.78 is 5.64. The van der Waals surface area contributed by atoms with E-state index in [1.165, 1.54) is 5.56 Å². The summed E-state index contributed by atoms with van der Waals surface area (Å²) in [5.41, 5.74) is 2.11. The van der Waals surface area contributed by atoms with Crippen LogP contribution in [0.5, 0.6) is 5.75 Å². The molecule has 0 aliphatic heterocycles. The van der Waals surface area contributed by atoms with Gasteiger partial charge in [-0.15, -0.1) is 0 Å². The molecule has 0 heterocycles. The quantitative estimate of drug-likeness (QED) is 0.812. The van der Waals surface area contributed by atoms with Crippen LogP contribution < -0.4 is 4.74 Å². The molecule has 0 aromatic heterocycles. The van der Waals surface area contributed by atoms with Gasteiger partial charge in [0.25, 0.3) is 0 Å². The Morgan fingerprint density at radius 1 is 1.00 bits per heavy atom. The van der Waals surface area contributed by atoms with Crippen LogP contribution in [-0.2, 0) is 13.0 Å². The van der Waals surface area contributed by atoms with Crippen molar-refractivity contribution < 1.29 is 9.84 Å². The van der Waals surface area contributed by atoms with Gasteiger partial charge in [0.2, 0.25) is 0 Å². The van der Waals surface area contributed by atoms with E-state index in [0.29, 0.717) is 17.4 Å². The maximum Gasteiger partial charge on any atom is 0.137 e. The second-order valence-electron chi connectivity index (χ2n) is 4.36. The molecule has 0 aliphatic carbocycles. The highest BCUT2D eigenvalue weighted by molar-refractivity contribution is 6.32. The first-order chi connectivity index (χ1) is 9.29. The van der Waals surface area contributed by atoms with E-state index in [9.17, 15) is 0 Å². The number of halogens is 1. The second-order valence-corrected chi connectivity index (χ2v) is 4.77. The average Bonchev–Trinajstić information content (AvgIpc) is 2.46. The fourth-order valence-corrected chi connectivity index (χ4v) is 2.12. The molecule has 0 unspecified atom stereocenters. The lowest BCUT2D eigenvalue weighted by Gasteiger charge is -2.09. The largest absolute Gasteiger partial charge is 0.492 e. The average molecular weight is 277 g/mol. The zero-order valence-electron chi connectivity index (χ0n) is 10.7. The van der Waals surface area contributed by atoms with Gasteiger partial charge >= 0.3 is 0 Å². The lowest BCUT2D eigenvalue weighted by molar-refractivity contribution is 0.281. The van der Waals surface area contributed by atoms with E-state index in [0.717, 1.165) is 18.4 Å². The van der Waals surface area contributed by atoms with E-state index in [4.69, 9.17) is 21.4 Å². The molecule has 0 amide bonds. The highest BCUT2D eigenvalue weighted by atomic mass is 35.5. The summed E-state index contributed by atoms with van der Waals surface area (Å²) in [4.78, 5) is 0. The Morgan fingerprint density at radius 3 is 2.47 bits per heavy atom. The van der Waals surface area contributed by atoms with Crippen molar-refractivity contribution in [1.29, 1.82) is 0 Å². The van der Waals surface area contributed by atoms with Crippen molar-refractivity contribution in [2.45, 2.75) is 19.4 Å². The molecule has 2 aromatic carbocycles. The van der Waals surface area contributed by atoms with Gasteiger partial charge in [0.1, 0.15) is 5.75 Å². The minimum absolute atomic E-state index is 0.00595. The van der Waals surface area contributed by atoms with Gasteiger partial charge in [-0.1, -0.05) is 48.0 Å². The van der Waals surface area contributed by atoms with Crippen molar-refractivity contribution in [3.05, 3.63) is 64.7 Å². The van der Waals surface area contributed by atoms with Crippen molar-refractivity contribution in [3.63, 3.8) is 0 Å². The van der Waals surface area contributed by atoms with Gasteiger partial charge in [-0.05, 0) is 36.1 Å². The topological polar surface area (TPSA) is 29.5 Å². The molecule has 1 N–H and O–H groups in total. The van der Waals surface area contributed by atoms with E-state index < -0.39 is 0 Å². The molecule has 3 heteroatoms. The molecule has 2 rings (SSSR count). The molecule has 0 bridgehead atoms. The highest BCUT2D eigenvalue weighted by Crippen LogP contribution is 2.25. The Labute approximate surface area is 118 Å². The van der Waals surface area contributed by atoms with Crippen LogP contribution in [0.15, 0.2) is 48.5 Å². The number of aliphatic hydroxyl groups is 1. The summed E-state index contributed by atoms with van der Waals surface area (Å²) in [6.07, 6.45) is 1.94. The Bertz CT molecular complexity index is 511. The summed E-state index contributed by atoms with van der Waals surface area (Å²) in [7, 11) is 0. The van der Waals surface area contributed by atoms with Crippen LogP contribution in [0.1, 0.15) is 17.5 Å². The number of rotatable bonds is 6. The van der Waals surface area contributed by atoms with Crippen LogP contribution in [0.3, 0.4) is 0 Å². The minimum Gasteiger partial charge on any atom is -0.492 e. The lowest BCUT2D eigenvalue weighted by Crippen LogP contribution is -2.00. The molecule has 100 valence electrons. The van der Waals surface area contributed by atoms with Crippen molar-refractivity contribution >= 4 is 11.6 Å². The SMILES string of the molecule is OCc1ccc(OCCCc2ccccc2)c(Cl)c1. The Morgan fingerprint density at radius 2 is 1.79 bits per heavy atom. The number of aryl methyl sites for hydroxylation is 1. The predicted octanol–water partition coefficient (Wildman–Crippen LogP) is 3.84.